The zero-order valence-electron chi connectivity index (χ0n) is 8.75. The number of hydrogen-bond acceptors (Lipinski definition) is 4. The Morgan fingerprint density at radius 2 is 2.00 bits per heavy atom. The fourth-order valence-electron chi connectivity index (χ4n) is 1.50. The molecule has 4 heteroatoms. The Labute approximate surface area is 97.8 Å². The normalized spacial score (nSPS) is 9.59. The number of pyridine rings is 1. The SMILES string of the molecule is N#Cc1cc(-c2cccc(C(=O)[O-])c2)ccn1. The van der Waals surface area contributed by atoms with Gasteiger partial charge in [0, 0.05) is 6.20 Å². The maximum Gasteiger partial charge on any atom is 0.141 e. The molecular weight excluding hydrogens is 216 g/mol. The third kappa shape index (κ3) is 2.29. The van der Waals surface area contributed by atoms with Crippen LogP contribution in [0.15, 0.2) is 42.6 Å². The van der Waals surface area contributed by atoms with Crippen LogP contribution in [-0.2, 0) is 0 Å². The van der Waals surface area contributed by atoms with E-state index in [9.17, 15) is 9.90 Å². The van der Waals surface area contributed by atoms with Gasteiger partial charge in [-0.2, -0.15) is 5.26 Å². The molecule has 0 spiro atoms. The fourth-order valence-corrected chi connectivity index (χ4v) is 1.50. The average molecular weight is 223 g/mol. The van der Waals surface area contributed by atoms with Crippen molar-refractivity contribution < 1.29 is 9.90 Å². The number of carboxylic acid groups (broad SMARTS) is 1. The van der Waals surface area contributed by atoms with Crippen molar-refractivity contribution >= 4 is 5.97 Å². The van der Waals surface area contributed by atoms with E-state index < -0.39 is 5.97 Å². The standard InChI is InChI=1S/C13H8N2O2/c14-8-12-7-10(4-5-15-12)9-2-1-3-11(6-9)13(16)17/h1-7H,(H,16,17)/p-1. The van der Waals surface area contributed by atoms with E-state index in [0.29, 0.717) is 11.3 Å². The predicted octanol–water partition coefficient (Wildman–Crippen LogP) is 0.984. The molecular formula is C13H7N2O2-. The van der Waals surface area contributed by atoms with E-state index in [1.807, 2.05) is 6.07 Å². The third-order valence-electron chi connectivity index (χ3n) is 2.31. The predicted molar refractivity (Wildman–Crippen MR) is 58.7 cm³/mol. The second-order valence-corrected chi connectivity index (χ2v) is 3.41. The Morgan fingerprint density at radius 3 is 2.71 bits per heavy atom. The fraction of sp³-hybridized carbons (Fsp3) is 0. The van der Waals surface area contributed by atoms with E-state index in [1.165, 1.54) is 18.3 Å². The lowest BCUT2D eigenvalue weighted by Crippen LogP contribution is -2.22. The van der Waals surface area contributed by atoms with Gasteiger partial charge in [-0.1, -0.05) is 18.2 Å². The van der Waals surface area contributed by atoms with Gasteiger partial charge in [0.25, 0.3) is 0 Å². The molecule has 1 heterocycles. The highest BCUT2D eigenvalue weighted by atomic mass is 16.4. The quantitative estimate of drug-likeness (QED) is 0.760. The molecule has 2 rings (SSSR count). The minimum absolute atomic E-state index is 0.109. The van der Waals surface area contributed by atoms with Crippen LogP contribution < -0.4 is 5.11 Å². The number of carbonyl (C=O) groups excluding carboxylic acids is 1. The van der Waals surface area contributed by atoms with Crippen LogP contribution in [0.1, 0.15) is 16.1 Å². The van der Waals surface area contributed by atoms with E-state index in [1.54, 1.807) is 24.3 Å². The lowest BCUT2D eigenvalue weighted by Gasteiger charge is -2.06. The number of benzene rings is 1. The summed E-state index contributed by atoms with van der Waals surface area (Å²) >= 11 is 0. The first-order valence-electron chi connectivity index (χ1n) is 4.88. The van der Waals surface area contributed by atoms with Crippen LogP contribution in [0.4, 0.5) is 0 Å². The molecule has 1 aromatic carbocycles. The molecule has 0 aliphatic rings. The molecule has 0 bridgehead atoms. The second kappa shape index (κ2) is 4.45. The zero-order valence-corrected chi connectivity index (χ0v) is 8.75. The number of carboxylic acids is 1. The lowest BCUT2D eigenvalue weighted by atomic mass is 10.0. The summed E-state index contributed by atoms with van der Waals surface area (Å²) in [4.78, 5) is 14.6. The number of nitriles is 1. The summed E-state index contributed by atoms with van der Waals surface area (Å²) < 4.78 is 0. The Bertz CT molecular complexity index is 615. The van der Waals surface area contributed by atoms with Crippen molar-refractivity contribution in [2.24, 2.45) is 0 Å². The van der Waals surface area contributed by atoms with Gasteiger partial charge in [0.15, 0.2) is 0 Å². The lowest BCUT2D eigenvalue weighted by molar-refractivity contribution is -0.255. The van der Waals surface area contributed by atoms with Crippen LogP contribution >= 0.6 is 0 Å². The molecule has 0 fully saturated rings. The van der Waals surface area contributed by atoms with Gasteiger partial charge in [0.2, 0.25) is 0 Å². The highest BCUT2D eigenvalue weighted by molar-refractivity contribution is 5.87. The highest BCUT2D eigenvalue weighted by Gasteiger charge is 2.01. The molecule has 0 aliphatic heterocycles. The highest BCUT2D eigenvalue weighted by Crippen LogP contribution is 2.20. The van der Waals surface area contributed by atoms with E-state index in [2.05, 4.69) is 4.98 Å². The molecule has 0 N–H and O–H groups in total. The van der Waals surface area contributed by atoms with E-state index in [0.717, 1.165) is 5.56 Å². The van der Waals surface area contributed by atoms with Crippen LogP contribution in [0.2, 0.25) is 0 Å². The second-order valence-electron chi connectivity index (χ2n) is 3.41. The van der Waals surface area contributed by atoms with Gasteiger partial charge in [-0.3, -0.25) is 0 Å². The van der Waals surface area contributed by atoms with Crippen molar-refractivity contribution in [1.82, 2.24) is 4.98 Å². The van der Waals surface area contributed by atoms with Gasteiger partial charge in [0.05, 0.1) is 5.97 Å². The van der Waals surface area contributed by atoms with Crippen LogP contribution in [0.25, 0.3) is 11.1 Å². The summed E-state index contributed by atoms with van der Waals surface area (Å²) in [5, 5.41) is 19.5. The zero-order chi connectivity index (χ0) is 12.3. The molecule has 2 aromatic rings. The molecule has 0 aliphatic carbocycles. The van der Waals surface area contributed by atoms with Gasteiger partial charge in [-0.25, -0.2) is 4.98 Å². The largest absolute Gasteiger partial charge is 0.545 e. The summed E-state index contributed by atoms with van der Waals surface area (Å²) in [6.45, 7) is 0. The molecule has 0 radical (unpaired) electrons. The van der Waals surface area contributed by atoms with E-state index in [-0.39, 0.29) is 5.56 Å². The van der Waals surface area contributed by atoms with Crippen LogP contribution in [0, 0.1) is 11.3 Å². The number of hydrogen-bond donors (Lipinski definition) is 0. The first-order valence-corrected chi connectivity index (χ1v) is 4.88. The summed E-state index contributed by atoms with van der Waals surface area (Å²) in [6.07, 6.45) is 1.51. The van der Waals surface area contributed by atoms with Crippen LogP contribution in [0.5, 0.6) is 0 Å². The smallest absolute Gasteiger partial charge is 0.141 e. The van der Waals surface area contributed by atoms with Crippen LogP contribution in [0.3, 0.4) is 0 Å². The van der Waals surface area contributed by atoms with Gasteiger partial charge in [0.1, 0.15) is 11.8 Å². The van der Waals surface area contributed by atoms with Crippen molar-refractivity contribution in [1.29, 1.82) is 5.26 Å². The van der Waals surface area contributed by atoms with Crippen molar-refractivity contribution in [2.45, 2.75) is 0 Å². The molecule has 0 atom stereocenters. The Kier molecular flexibility index (Phi) is 2.84. The Hall–Kier alpha value is -2.67. The maximum absolute atomic E-state index is 10.7. The monoisotopic (exact) mass is 223 g/mol. The first-order chi connectivity index (χ1) is 8.20. The average Bonchev–Trinajstić information content (AvgIpc) is 2.39. The van der Waals surface area contributed by atoms with Gasteiger partial charge in [-0.05, 0) is 34.9 Å². The molecule has 82 valence electrons. The Morgan fingerprint density at radius 1 is 1.24 bits per heavy atom. The molecule has 17 heavy (non-hydrogen) atoms. The van der Waals surface area contributed by atoms with Gasteiger partial charge >= 0.3 is 0 Å². The molecule has 0 saturated carbocycles. The first kappa shape index (κ1) is 10.8. The summed E-state index contributed by atoms with van der Waals surface area (Å²) in [7, 11) is 0. The van der Waals surface area contributed by atoms with Gasteiger partial charge in [-0.15, -0.1) is 0 Å². The topological polar surface area (TPSA) is 76.8 Å². The molecule has 4 nitrogen and oxygen atoms in total. The third-order valence-corrected chi connectivity index (χ3v) is 2.31. The number of aromatic nitrogens is 1. The van der Waals surface area contributed by atoms with Crippen molar-refractivity contribution in [2.75, 3.05) is 0 Å². The number of carbonyl (C=O) groups is 1. The minimum Gasteiger partial charge on any atom is -0.545 e. The van der Waals surface area contributed by atoms with Crippen LogP contribution in [-0.4, -0.2) is 11.0 Å². The number of aromatic carboxylic acids is 1. The molecule has 0 unspecified atom stereocenters. The maximum atomic E-state index is 10.7. The summed E-state index contributed by atoms with van der Waals surface area (Å²) in [6, 6.07) is 11.6. The van der Waals surface area contributed by atoms with Gasteiger partial charge < -0.3 is 9.90 Å². The van der Waals surface area contributed by atoms with Crippen molar-refractivity contribution in [3.63, 3.8) is 0 Å². The summed E-state index contributed by atoms with van der Waals surface area (Å²) in [5.74, 6) is -1.22. The number of nitrogens with zero attached hydrogens (tertiary/aromatic N) is 2. The summed E-state index contributed by atoms with van der Waals surface area (Å²) in [5.41, 5.74) is 1.87. The molecule has 1 aromatic heterocycles. The molecule has 0 saturated heterocycles. The van der Waals surface area contributed by atoms with E-state index >= 15 is 0 Å². The Balaban J connectivity index is 2.49. The minimum atomic E-state index is -1.22. The number of rotatable bonds is 2. The van der Waals surface area contributed by atoms with Crippen molar-refractivity contribution in [3.8, 4) is 17.2 Å². The van der Waals surface area contributed by atoms with E-state index in [4.69, 9.17) is 5.26 Å². The van der Waals surface area contributed by atoms with Crippen molar-refractivity contribution in [3.05, 3.63) is 53.9 Å². The molecule has 0 amide bonds.